The Morgan fingerprint density at radius 3 is 2.78 bits per heavy atom. The van der Waals surface area contributed by atoms with Gasteiger partial charge < -0.3 is 15.5 Å². The van der Waals surface area contributed by atoms with Crippen LogP contribution in [0.4, 0.5) is 0 Å². The molecule has 5 heteroatoms. The van der Waals surface area contributed by atoms with E-state index < -0.39 is 0 Å². The van der Waals surface area contributed by atoms with Crippen molar-refractivity contribution < 1.29 is 4.79 Å². The van der Waals surface area contributed by atoms with Crippen molar-refractivity contribution in [1.82, 2.24) is 15.5 Å². The van der Waals surface area contributed by atoms with Crippen molar-refractivity contribution in [2.45, 2.75) is 63.8 Å². The van der Waals surface area contributed by atoms with Crippen molar-refractivity contribution in [1.29, 1.82) is 0 Å². The molecule has 1 unspecified atom stereocenters. The third-order valence-electron chi connectivity index (χ3n) is 6.19. The molecule has 5 nitrogen and oxygen atoms in total. The molecule has 2 N–H and O–H groups in total. The summed E-state index contributed by atoms with van der Waals surface area (Å²) in [4.78, 5) is 18.3. The molecule has 1 saturated heterocycles. The molecule has 0 radical (unpaired) electrons. The van der Waals surface area contributed by atoms with Crippen molar-refractivity contribution >= 4 is 11.9 Å². The fourth-order valence-corrected chi connectivity index (χ4v) is 4.56. The van der Waals surface area contributed by atoms with Gasteiger partial charge >= 0.3 is 0 Å². The average Bonchev–Trinajstić information content (AvgIpc) is 3.35. The molecule has 2 fully saturated rings. The Balaban J connectivity index is 1.60. The van der Waals surface area contributed by atoms with Crippen LogP contribution in [0.25, 0.3) is 0 Å². The second-order valence-corrected chi connectivity index (χ2v) is 8.11. The fourth-order valence-electron chi connectivity index (χ4n) is 4.56. The molecular formula is C22H34N4O. The van der Waals surface area contributed by atoms with Gasteiger partial charge in [-0.15, -0.1) is 0 Å². The highest BCUT2D eigenvalue weighted by Gasteiger charge is 2.36. The Hall–Kier alpha value is -2.04. The van der Waals surface area contributed by atoms with Crippen LogP contribution in [0.5, 0.6) is 0 Å². The molecule has 1 heterocycles. The van der Waals surface area contributed by atoms with Crippen LogP contribution in [0.3, 0.4) is 0 Å². The lowest BCUT2D eigenvalue weighted by atomic mass is 9.78. The lowest BCUT2D eigenvalue weighted by Gasteiger charge is -2.31. The van der Waals surface area contributed by atoms with E-state index >= 15 is 0 Å². The number of hydrogen-bond donors (Lipinski definition) is 2. The van der Waals surface area contributed by atoms with E-state index in [9.17, 15) is 4.79 Å². The van der Waals surface area contributed by atoms with E-state index in [1.165, 1.54) is 36.8 Å². The van der Waals surface area contributed by atoms with Gasteiger partial charge in [-0.3, -0.25) is 9.79 Å². The summed E-state index contributed by atoms with van der Waals surface area (Å²) in [5.41, 5.74) is 2.97. The zero-order chi connectivity index (χ0) is 19.3. The van der Waals surface area contributed by atoms with Gasteiger partial charge in [0.15, 0.2) is 5.96 Å². The summed E-state index contributed by atoms with van der Waals surface area (Å²) >= 11 is 0. The minimum absolute atomic E-state index is 0.198. The van der Waals surface area contributed by atoms with Gasteiger partial charge in [-0.05, 0) is 31.7 Å². The van der Waals surface area contributed by atoms with Crippen LogP contribution in [0.1, 0.15) is 56.6 Å². The van der Waals surface area contributed by atoms with E-state index in [1.54, 1.807) is 0 Å². The number of aliphatic imine (C=N–C) groups is 1. The summed E-state index contributed by atoms with van der Waals surface area (Å²) in [6, 6.07) is 9.25. The number of hydrogen-bond acceptors (Lipinski definition) is 2. The molecule has 1 saturated carbocycles. The SMILES string of the molecule is CCC(=O)N1CCC(NC(=NC)NCC2(c3cccc(C)c3)CCCC2)C1. The molecular weight excluding hydrogens is 336 g/mol. The van der Waals surface area contributed by atoms with Gasteiger partial charge in [0, 0.05) is 44.6 Å². The maximum Gasteiger partial charge on any atom is 0.222 e. The van der Waals surface area contributed by atoms with Crippen LogP contribution in [0.2, 0.25) is 0 Å². The van der Waals surface area contributed by atoms with Gasteiger partial charge in [0.1, 0.15) is 0 Å². The maximum absolute atomic E-state index is 11.9. The van der Waals surface area contributed by atoms with Gasteiger partial charge in [0.2, 0.25) is 5.91 Å². The topological polar surface area (TPSA) is 56.7 Å². The molecule has 27 heavy (non-hydrogen) atoms. The largest absolute Gasteiger partial charge is 0.356 e. The van der Waals surface area contributed by atoms with Gasteiger partial charge in [-0.1, -0.05) is 49.6 Å². The Morgan fingerprint density at radius 2 is 2.11 bits per heavy atom. The van der Waals surface area contributed by atoms with E-state index in [0.29, 0.717) is 6.42 Å². The molecule has 0 spiro atoms. The number of rotatable bonds is 5. The van der Waals surface area contributed by atoms with Crippen molar-refractivity contribution in [3.05, 3.63) is 35.4 Å². The molecule has 2 aliphatic rings. The highest BCUT2D eigenvalue weighted by atomic mass is 16.2. The number of carbonyl (C=O) groups is 1. The number of nitrogens with zero attached hydrogens (tertiary/aromatic N) is 2. The highest BCUT2D eigenvalue weighted by Crippen LogP contribution is 2.40. The van der Waals surface area contributed by atoms with Crippen molar-refractivity contribution in [3.63, 3.8) is 0 Å². The van der Waals surface area contributed by atoms with Gasteiger partial charge in [0.25, 0.3) is 0 Å². The molecule has 1 amide bonds. The first-order valence-corrected chi connectivity index (χ1v) is 10.4. The Kier molecular flexibility index (Phi) is 6.40. The predicted octanol–water partition coefficient (Wildman–Crippen LogP) is 2.98. The summed E-state index contributed by atoms with van der Waals surface area (Å²) in [5, 5.41) is 7.11. The summed E-state index contributed by atoms with van der Waals surface area (Å²) in [6.07, 6.45) is 6.59. The minimum atomic E-state index is 0.198. The number of aryl methyl sites for hydroxylation is 1. The average molecular weight is 371 g/mol. The molecule has 1 atom stereocenters. The first kappa shape index (κ1) is 19.7. The third kappa shape index (κ3) is 4.63. The number of likely N-dealkylation sites (tertiary alicyclic amines) is 1. The van der Waals surface area contributed by atoms with E-state index in [1.807, 2.05) is 18.9 Å². The zero-order valence-corrected chi connectivity index (χ0v) is 17.1. The van der Waals surface area contributed by atoms with Crippen molar-refractivity contribution in [3.8, 4) is 0 Å². The Bertz CT molecular complexity index is 679. The Morgan fingerprint density at radius 1 is 1.33 bits per heavy atom. The number of benzene rings is 1. The van der Waals surface area contributed by atoms with E-state index in [-0.39, 0.29) is 17.4 Å². The fraction of sp³-hybridized carbons (Fsp3) is 0.636. The van der Waals surface area contributed by atoms with Crippen molar-refractivity contribution in [2.24, 2.45) is 4.99 Å². The van der Waals surface area contributed by atoms with Gasteiger partial charge in [0.05, 0.1) is 0 Å². The van der Waals surface area contributed by atoms with Crippen LogP contribution in [-0.2, 0) is 10.2 Å². The van der Waals surface area contributed by atoms with Gasteiger partial charge in [-0.2, -0.15) is 0 Å². The van der Waals surface area contributed by atoms with Gasteiger partial charge in [-0.25, -0.2) is 0 Å². The molecule has 1 aliphatic carbocycles. The zero-order valence-electron chi connectivity index (χ0n) is 17.1. The summed E-state index contributed by atoms with van der Waals surface area (Å²) in [6.45, 7) is 6.62. The van der Waals surface area contributed by atoms with E-state index in [4.69, 9.17) is 0 Å². The summed E-state index contributed by atoms with van der Waals surface area (Å²) in [7, 11) is 1.83. The van der Waals surface area contributed by atoms with E-state index in [2.05, 4.69) is 46.8 Å². The van der Waals surface area contributed by atoms with Crippen LogP contribution in [0.15, 0.2) is 29.3 Å². The standard InChI is InChI=1S/C22H34N4O/c1-4-20(27)26-13-10-19(15-26)25-21(23-3)24-16-22(11-5-6-12-22)18-9-7-8-17(2)14-18/h7-9,14,19H,4-6,10-13,15-16H2,1-3H3,(H2,23,24,25). The van der Waals surface area contributed by atoms with Crippen LogP contribution in [0, 0.1) is 6.92 Å². The lowest BCUT2D eigenvalue weighted by Crippen LogP contribution is -2.48. The quantitative estimate of drug-likeness (QED) is 0.619. The van der Waals surface area contributed by atoms with Crippen LogP contribution in [-0.4, -0.2) is 49.5 Å². The molecule has 148 valence electrons. The first-order chi connectivity index (χ1) is 13.1. The van der Waals surface area contributed by atoms with Crippen molar-refractivity contribution in [2.75, 3.05) is 26.7 Å². The molecule has 3 rings (SSSR count). The predicted molar refractivity (Wildman–Crippen MR) is 111 cm³/mol. The Labute approximate surface area is 163 Å². The maximum atomic E-state index is 11.9. The number of nitrogens with one attached hydrogen (secondary N) is 2. The molecule has 1 aromatic carbocycles. The molecule has 0 aromatic heterocycles. The normalized spacial score (nSPS) is 22.1. The molecule has 1 aromatic rings. The summed E-state index contributed by atoms with van der Waals surface area (Å²) in [5.74, 6) is 1.09. The minimum Gasteiger partial charge on any atom is -0.356 e. The summed E-state index contributed by atoms with van der Waals surface area (Å²) < 4.78 is 0. The lowest BCUT2D eigenvalue weighted by molar-refractivity contribution is -0.129. The first-order valence-electron chi connectivity index (χ1n) is 10.4. The number of guanidine groups is 1. The second-order valence-electron chi connectivity index (χ2n) is 8.11. The third-order valence-corrected chi connectivity index (χ3v) is 6.19. The number of carbonyl (C=O) groups excluding carboxylic acids is 1. The smallest absolute Gasteiger partial charge is 0.222 e. The van der Waals surface area contributed by atoms with Crippen LogP contribution >= 0.6 is 0 Å². The number of amides is 1. The molecule has 0 bridgehead atoms. The van der Waals surface area contributed by atoms with Crippen LogP contribution < -0.4 is 10.6 Å². The monoisotopic (exact) mass is 370 g/mol. The second kappa shape index (κ2) is 8.77. The highest BCUT2D eigenvalue weighted by molar-refractivity contribution is 5.80. The molecule has 1 aliphatic heterocycles. The van der Waals surface area contributed by atoms with E-state index in [0.717, 1.165) is 32.0 Å².